The number of hydrogen-bond donors (Lipinski definition) is 1. The lowest BCUT2D eigenvalue weighted by molar-refractivity contribution is 0.491. The van der Waals surface area contributed by atoms with Gasteiger partial charge in [0, 0.05) is 10.9 Å². The first-order valence-electron chi connectivity index (χ1n) is 5.63. The van der Waals surface area contributed by atoms with E-state index in [1.165, 1.54) is 6.07 Å². The van der Waals surface area contributed by atoms with Crippen molar-refractivity contribution in [3.63, 3.8) is 0 Å². The zero-order chi connectivity index (χ0) is 13.0. The molecule has 1 aromatic heterocycles. The quantitative estimate of drug-likeness (QED) is 0.862. The molecule has 0 bridgehead atoms. The van der Waals surface area contributed by atoms with Gasteiger partial charge in [-0.2, -0.15) is 0 Å². The summed E-state index contributed by atoms with van der Waals surface area (Å²) < 4.78 is 19.8. The van der Waals surface area contributed by atoms with Gasteiger partial charge in [0.2, 0.25) is 5.89 Å². The van der Waals surface area contributed by atoms with E-state index in [9.17, 15) is 4.39 Å². The maximum atomic E-state index is 13.6. The van der Waals surface area contributed by atoms with Crippen LogP contribution >= 0.6 is 15.9 Å². The lowest BCUT2D eigenvalue weighted by Crippen LogP contribution is -2.08. The van der Waals surface area contributed by atoms with Gasteiger partial charge in [-0.3, -0.25) is 0 Å². The van der Waals surface area contributed by atoms with Gasteiger partial charge in [0.1, 0.15) is 5.82 Å². The molecule has 0 unspecified atom stereocenters. The molecule has 0 amide bonds. The molecule has 0 aliphatic carbocycles. The molecule has 0 aliphatic rings. The molecule has 1 N–H and O–H groups in total. The van der Waals surface area contributed by atoms with Crippen molar-refractivity contribution < 1.29 is 8.81 Å². The Labute approximate surface area is 113 Å². The summed E-state index contributed by atoms with van der Waals surface area (Å²) in [6, 6.07) is 4.62. The number of aromatic nitrogens is 2. The van der Waals surface area contributed by atoms with Crippen LogP contribution in [0.1, 0.15) is 12.3 Å². The molecule has 6 heteroatoms. The second kappa shape index (κ2) is 6.06. The zero-order valence-electron chi connectivity index (χ0n) is 9.91. The highest BCUT2D eigenvalue weighted by Crippen LogP contribution is 2.25. The molecule has 0 radical (unpaired) electrons. The Balaban J connectivity index is 2.16. The summed E-state index contributed by atoms with van der Waals surface area (Å²) >= 11 is 3.29. The van der Waals surface area contributed by atoms with Crippen LogP contribution < -0.4 is 5.32 Å². The van der Waals surface area contributed by atoms with Gasteiger partial charge in [0.25, 0.3) is 5.89 Å². The minimum atomic E-state index is -0.372. The van der Waals surface area contributed by atoms with Gasteiger partial charge in [-0.1, -0.05) is 15.9 Å². The van der Waals surface area contributed by atoms with Crippen molar-refractivity contribution in [3.05, 3.63) is 34.4 Å². The number of rotatable bonds is 5. The molecule has 0 spiro atoms. The Bertz CT molecular complexity index is 530. The number of nitrogens with zero attached hydrogens (tertiary/aromatic N) is 2. The molecule has 2 aromatic rings. The highest BCUT2D eigenvalue weighted by molar-refractivity contribution is 9.10. The van der Waals surface area contributed by atoms with Crippen LogP contribution in [0.4, 0.5) is 4.39 Å². The summed E-state index contributed by atoms with van der Waals surface area (Å²) in [7, 11) is 1.89. The molecule has 2 rings (SSSR count). The van der Waals surface area contributed by atoms with E-state index in [2.05, 4.69) is 31.4 Å². The van der Waals surface area contributed by atoms with Crippen LogP contribution in [0.3, 0.4) is 0 Å². The summed E-state index contributed by atoms with van der Waals surface area (Å²) in [5, 5.41) is 10.8. The van der Waals surface area contributed by atoms with Gasteiger partial charge in [0.15, 0.2) is 0 Å². The summed E-state index contributed by atoms with van der Waals surface area (Å²) in [6.07, 6.45) is 1.59. The molecule has 0 fully saturated rings. The fourth-order valence-corrected chi connectivity index (χ4v) is 1.90. The van der Waals surface area contributed by atoms with Gasteiger partial charge in [-0.25, -0.2) is 4.39 Å². The van der Waals surface area contributed by atoms with Crippen LogP contribution in [0.5, 0.6) is 0 Å². The fraction of sp³-hybridized carbons (Fsp3) is 0.333. The molecule has 1 aromatic carbocycles. The second-order valence-corrected chi connectivity index (χ2v) is 4.75. The fourth-order valence-electron chi connectivity index (χ4n) is 1.54. The van der Waals surface area contributed by atoms with Gasteiger partial charge < -0.3 is 9.73 Å². The molecule has 0 saturated carbocycles. The Morgan fingerprint density at radius 1 is 1.39 bits per heavy atom. The van der Waals surface area contributed by atoms with Crippen molar-refractivity contribution in [2.45, 2.75) is 12.8 Å². The molecule has 0 saturated heterocycles. The van der Waals surface area contributed by atoms with Crippen LogP contribution in [-0.4, -0.2) is 23.8 Å². The Morgan fingerprint density at radius 2 is 2.22 bits per heavy atom. The number of nitrogens with one attached hydrogen (secondary N) is 1. The maximum absolute atomic E-state index is 13.6. The van der Waals surface area contributed by atoms with E-state index in [0.717, 1.165) is 17.4 Å². The summed E-state index contributed by atoms with van der Waals surface area (Å²) in [6.45, 7) is 0.878. The van der Waals surface area contributed by atoms with E-state index in [0.29, 0.717) is 17.9 Å². The maximum Gasteiger partial charge on any atom is 0.250 e. The Hall–Kier alpha value is -1.27. The summed E-state index contributed by atoms with van der Waals surface area (Å²) in [5.41, 5.74) is 0.316. The van der Waals surface area contributed by atoms with Crippen molar-refractivity contribution in [2.24, 2.45) is 0 Å². The third-order valence-electron chi connectivity index (χ3n) is 2.44. The SMILES string of the molecule is CNCCCc1nnc(-c2cc(Br)ccc2F)o1. The lowest BCUT2D eigenvalue weighted by atomic mass is 10.2. The minimum absolute atomic E-state index is 0.216. The molecular weight excluding hydrogens is 301 g/mol. The van der Waals surface area contributed by atoms with Gasteiger partial charge in [0.05, 0.1) is 5.56 Å². The lowest BCUT2D eigenvalue weighted by Gasteiger charge is -1.98. The second-order valence-electron chi connectivity index (χ2n) is 3.83. The van der Waals surface area contributed by atoms with Gasteiger partial charge in [-0.15, -0.1) is 10.2 Å². The smallest absolute Gasteiger partial charge is 0.250 e. The summed E-state index contributed by atoms with van der Waals surface area (Å²) in [4.78, 5) is 0. The predicted octanol–water partition coefficient (Wildman–Crippen LogP) is 2.79. The van der Waals surface area contributed by atoms with Crippen molar-refractivity contribution >= 4 is 15.9 Å². The number of aryl methyl sites for hydroxylation is 1. The van der Waals surface area contributed by atoms with E-state index in [1.807, 2.05) is 7.05 Å². The molecule has 1 heterocycles. The number of benzene rings is 1. The first kappa shape index (κ1) is 13.2. The average Bonchev–Trinajstić information content (AvgIpc) is 2.81. The van der Waals surface area contributed by atoms with Crippen LogP contribution in [-0.2, 0) is 6.42 Å². The van der Waals surface area contributed by atoms with E-state index >= 15 is 0 Å². The molecule has 96 valence electrons. The minimum Gasteiger partial charge on any atom is -0.421 e. The van der Waals surface area contributed by atoms with E-state index < -0.39 is 0 Å². The average molecular weight is 314 g/mol. The molecule has 18 heavy (non-hydrogen) atoms. The van der Waals surface area contributed by atoms with E-state index in [-0.39, 0.29) is 11.7 Å². The topological polar surface area (TPSA) is 51.0 Å². The van der Waals surface area contributed by atoms with Gasteiger partial charge >= 0.3 is 0 Å². The normalized spacial score (nSPS) is 10.8. The Morgan fingerprint density at radius 3 is 3.00 bits per heavy atom. The van der Waals surface area contributed by atoms with E-state index in [1.54, 1.807) is 12.1 Å². The van der Waals surface area contributed by atoms with Crippen molar-refractivity contribution in [1.82, 2.24) is 15.5 Å². The number of halogens is 2. The summed E-state index contributed by atoms with van der Waals surface area (Å²) in [5.74, 6) is 0.372. The molecule has 0 aliphatic heterocycles. The van der Waals surface area contributed by atoms with Crippen molar-refractivity contribution in [3.8, 4) is 11.5 Å². The van der Waals surface area contributed by atoms with Crippen LogP contribution in [0.15, 0.2) is 27.1 Å². The monoisotopic (exact) mass is 313 g/mol. The first-order valence-corrected chi connectivity index (χ1v) is 6.42. The first-order chi connectivity index (χ1) is 8.70. The molecule has 0 atom stereocenters. The van der Waals surface area contributed by atoms with E-state index in [4.69, 9.17) is 4.42 Å². The highest BCUT2D eigenvalue weighted by atomic mass is 79.9. The zero-order valence-corrected chi connectivity index (χ0v) is 11.5. The largest absolute Gasteiger partial charge is 0.421 e. The van der Waals surface area contributed by atoms with Crippen LogP contribution in [0.25, 0.3) is 11.5 Å². The van der Waals surface area contributed by atoms with Crippen LogP contribution in [0.2, 0.25) is 0 Å². The third kappa shape index (κ3) is 3.14. The molecule has 4 nitrogen and oxygen atoms in total. The predicted molar refractivity (Wildman–Crippen MR) is 69.6 cm³/mol. The standard InChI is InChI=1S/C12H13BrFN3O/c1-15-6-2-3-11-16-17-12(18-11)9-7-8(13)4-5-10(9)14/h4-5,7,15H,2-3,6H2,1H3. The van der Waals surface area contributed by atoms with Crippen molar-refractivity contribution in [1.29, 1.82) is 0 Å². The van der Waals surface area contributed by atoms with Crippen molar-refractivity contribution in [2.75, 3.05) is 13.6 Å². The van der Waals surface area contributed by atoms with Crippen LogP contribution in [0, 0.1) is 5.82 Å². The van der Waals surface area contributed by atoms with Gasteiger partial charge in [-0.05, 0) is 38.2 Å². The third-order valence-corrected chi connectivity index (χ3v) is 2.94. The highest BCUT2D eigenvalue weighted by Gasteiger charge is 2.13. The Kier molecular flexibility index (Phi) is 4.43. The number of hydrogen-bond acceptors (Lipinski definition) is 4. The molecular formula is C12H13BrFN3O.